The molecule has 0 fully saturated rings. The molecule has 102 valence electrons. The van der Waals surface area contributed by atoms with Crippen molar-refractivity contribution in [2.24, 2.45) is 0 Å². The van der Waals surface area contributed by atoms with E-state index in [-0.39, 0.29) is 6.04 Å². The van der Waals surface area contributed by atoms with Crippen molar-refractivity contribution in [3.63, 3.8) is 0 Å². The Morgan fingerprint density at radius 2 is 2.21 bits per heavy atom. The van der Waals surface area contributed by atoms with Crippen molar-refractivity contribution >= 4 is 15.9 Å². The summed E-state index contributed by atoms with van der Waals surface area (Å²) < 4.78 is 3.12. The average molecular weight is 323 g/mol. The highest BCUT2D eigenvalue weighted by Crippen LogP contribution is 2.21. The van der Waals surface area contributed by atoms with Gasteiger partial charge in [-0.25, -0.2) is 0 Å². The molecule has 2 aromatic rings. The predicted molar refractivity (Wildman–Crippen MR) is 79.8 cm³/mol. The minimum atomic E-state index is 0.216. The predicted octanol–water partition coefficient (Wildman–Crippen LogP) is 3.22. The molecular formula is C14H19BrN4. The Morgan fingerprint density at radius 1 is 1.42 bits per heavy atom. The molecule has 0 aliphatic rings. The number of hydrogen-bond acceptors (Lipinski definition) is 3. The highest BCUT2D eigenvalue weighted by molar-refractivity contribution is 9.10. The summed E-state index contributed by atoms with van der Waals surface area (Å²) in [4.78, 5) is 4.36. The van der Waals surface area contributed by atoms with Crippen molar-refractivity contribution in [2.45, 2.75) is 39.9 Å². The molecule has 19 heavy (non-hydrogen) atoms. The topological polar surface area (TPSA) is 42.7 Å². The van der Waals surface area contributed by atoms with Crippen molar-refractivity contribution < 1.29 is 0 Å². The Balaban J connectivity index is 2.07. The molecule has 1 N–H and O–H groups in total. The number of nitrogens with zero attached hydrogens (tertiary/aromatic N) is 3. The van der Waals surface area contributed by atoms with Crippen molar-refractivity contribution in [1.29, 1.82) is 0 Å². The summed E-state index contributed by atoms with van der Waals surface area (Å²) in [6, 6.07) is 6.20. The Labute approximate surface area is 122 Å². The van der Waals surface area contributed by atoms with Gasteiger partial charge in [-0.2, -0.15) is 5.10 Å². The van der Waals surface area contributed by atoms with E-state index < -0.39 is 0 Å². The van der Waals surface area contributed by atoms with Gasteiger partial charge in [0, 0.05) is 25.3 Å². The Bertz CT molecular complexity index is 536. The zero-order valence-electron chi connectivity index (χ0n) is 11.5. The molecule has 0 spiro atoms. The maximum absolute atomic E-state index is 4.49. The summed E-state index contributed by atoms with van der Waals surface area (Å²) in [6.45, 7) is 7.89. The Kier molecular flexibility index (Phi) is 4.71. The van der Waals surface area contributed by atoms with Crippen LogP contribution < -0.4 is 5.32 Å². The summed E-state index contributed by atoms with van der Waals surface area (Å²) in [6.07, 6.45) is 1.82. The lowest BCUT2D eigenvalue weighted by Gasteiger charge is -2.14. The first-order chi connectivity index (χ1) is 9.13. The molecule has 1 atom stereocenters. The lowest BCUT2D eigenvalue weighted by molar-refractivity contribution is 0.522. The normalized spacial score (nSPS) is 12.6. The van der Waals surface area contributed by atoms with Gasteiger partial charge in [-0.1, -0.05) is 6.07 Å². The molecular weight excluding hydrogens is 304 g/mol. The molecule has 0 radical (unpaired) electrons. The second-order valence-corrected chi connectivity index (χ2v) is 5.31. The van der Waals surface area contributed by atoms with Crippen molar-refractivity contribution in [2.75, 3.05) is 0 Å². The standard InChI is InChI=1S/C14H19BrN4/c1-4-19-13(14(15)11(3)18-19)9-17-10(2)12-7-5-6-8-16-12/h5-8,10,17H,4,9H2,1-3H3. The molecule has 0 bridgehead atoms. The van der Waals surface area contributed by atoms with E-state index in [1.807, 2.05) is 36.0 Å². The quantitative estimate of drug-likeness (QED) is 0.919. The molecule has 0 amide bonds. The van der Waals surface area contributed by atoms with Crippen LogP contribution >= 0.6 is 15.9 Å². The average Bonchev–Trinajstić information content (AvgIpc) is 2.72. The van der Waals surface area contributed by atoms with E-state index in [4.69, 9.17) is 0 Å². The van der Waals surface area contributed by atoms with Crippen LogP contribution in [0, 0.1) is 6.92 Å². The van der Waals surface area contributed by atoms with E-state index in [2.05, 4.69) is 45.2 Å². The van der Waals surface area contributed by atoms with Crippen LogP contribution in [-0.2, 0) is 13.1 Å². The number of halogens is 1. The van der Waals surface area contributed by atoms with E-state index >= 15 is 0 Å². The molecule has 1 unspecified atom stereocenters. The van der Waals surface area contributed by atoms with Gasteiger partial charge in [-0.05, 0) is 48.8 Å². The van der Waals surface area contributed by atoms with Crippen LogP contribution in [0.15, 0.2) is 28.9 Å². The van der Waals surface area contributed by atoms with Crippen LogP contribution in [0.4, 0.5) is 0 Å². The number of aromatic nitrogens is 3. The van der Waals surface area contributed by atoms with Gasteiger partial charge in [0.2, 0.25) is 0 Å². The van der Waals surface area contributed by atoms with Crippen LogP contribution in [0.3, 0.4) is 0 Å². The fraction of sp³-hybridized carbons (Fsp3) is 0.429. The van der Waals surface area contributed by atoms with Crippen LogP contribution in [0.25, 0.3) is 0 Å². The Morgan fingerprint density at radius 3 is 2.84 bits per heavy atom. The number of pyridine rings is 1. The van der Waals surface area contributed by atoms with Crippen molar-refractivity contribution in [3.8, 4) is 0 Å². The second kappa shape index (κ2) is 6.30. The largest absolute Gasteiger partial charge is 0.303 e. The van der Waals surface area contributed by atoms with E-state index in [1.165, 1.54) is 5.69 Å². The molecule has 5 heteroatoms. The lowest BCUT2D eigenvalue weighted by Crippen LogP contribution is -2.21. The number of hydrogen-bond donors (Lipinski definition) is 1. The number of rotatable bonds is 5. The first-order valence-corrected chi connectivity index (χ1v) is 7.28. The van der Waals surface area contributed by atoms with E-state index in [0.29, 0.717) is 0 Å². The number of aryl methyl sites for hydroxylation is 2. The maximum atomic E-state index is 4.49. The third-order valence-electron chi connectivity index (χ3n) is 3.16. The first-order valence-electron chi connectivity index (χ1n) is 6.49. The van der Waals surface area contributed by atoms with Gasteiger partial charge in [-0.15, -0.1) is 0 Å². The minimum absolute atomic E-state index is 0.216. The lowest BCUT2D eigenvalue weighted by atomic mass is 10.2. The van der Waals surface area contributed by atoms with Gasteiger partial charge >= 0.3 is 0 Å². The van der Waals surface area contributed by atoms with E-state index in [1.54, 1.807) is 0 Å². The molecule has 0 aliphatic carbocycles. The van der Waals surface area contributed by atoms with Gasteiger partial charge in [0.05, 0.1) is 21.6 Å². The minimum Gasteiger partial charge on any atom is -0.303 e. The third kappa shape index (κ3) is 3.22. The molecule has 0 aliphatic heterocycles. The van der Waals surface area contributed by atoms with Crippen LogP contribution in [0.5, 0.6) is 0 Å². The zero-order valence-corrected chi connectivity index (χ0v) is 13.1. The van der Waals surface area contributed by atoms with Crippen LogP contribution in [-0.4, -0.2) is 14.8 Å². The fourth-order valence-electron chi connectivity index (χ4n) is 2.02. The van der Waals surface area contributed by atoms with Gasteiger partial charge < -0.3 is 5.32 Å². The molecule has 2 rings (SSSR count). The van der Waals surface area contributed by atoms with Gasteiger partial charge in [0.25, 0.3) is 0 Å². The molecule has 4 nitrogen and oxygen atoms in total. The van der Waals surface area contributed by atoms with Crippen molar-refractivity contribution in [3.05, 3.63) is 46.0 Å². The fourth-order valence-corrected chi connectivity index (χ4v) is 2.45. The Hall–Kier alpha value is -1.20. The highest BCUT2D eigenvalue weighted by atomic mass is 79.9. The first kappa shape index (κ1) is 14.2. The highest BCUT2D eigenvalue weighted by Gasteiger charge is 2.13. The number of nitrogens with one attached hydrogen (secondary N) is 1. The smallest absolute Gasteiger partial charge is 0.0739 e. The molecule has 0 aromatic carbocycles. The van der Waals surface area contributed by atoms with E-state index in [9.17, 15) is 0 Å². The zero-order chi connectivity index (χ0) is 13.8. The SMILES string of the molecule is CCn1nc(C)c(Br)c1CNC(C)c1ccccn1. The second-order valence-electron chi connectivity index (χ2n) is 4.52. The van der Waals surface area contributed by atoms with Gasteiger partial charge in [-0.3, -0.25) is 9.67 Å². The monoisotopic (exact) mass is 322 g/mol. The summed E-state index contributed by atoms with van der Waals surface area (Å²) in [5.74, 6) is 0. The van der Waals surface area contributed by atoms with Crippen LogP contribution in [0.2, 0.25) is 0 Å². The molecule has 2 aromatic heterocycles. The molecule has 0 saturated carbocycles. The van der Waals surface area contributed by atoms with E-state index in [0.717, 1.165) is 29.0 Å². The third-order valence-corrected chi connectivity index (χ3v) is 4.19. The summed E-state index contributed by atoms with van der Waals surface area (Å²) in [5, 5.41) is 7.98. The van der Waals surface area contributed by atoms with Crippen molar-refractivity contribution in [1.82, 2.24) is 20.1 Å². The molecule has 2 heterocycles. The summed E-state index contributed by atoms with van der Waals surface area (Å²) >= 11 is 3.61. The summed E-state index contributed by atoms with van der Waals surface area (Å²) in [7, 11) is 0. The molecule has 0 saturated heterocycles. The van der Waals surface area contributed by atoms with Gasteiger partial charge in [0.15, 0.2) is 0 Å². The maximum Gasteiger partial charge on any atom is 0.0739 e. The van der Waals surface area contributed by atoms with Crippen LogP contribution in [0.1, 0.15) is 37.0 Å². The van der Waals surface area contributed by atoms with Gasteiger partial charge in [0.1, 0.15) is 0 Å². The summed E-state index contributed by atoms with van der Waals surface area (Å²) in [5.41, 5.74) is 3.27.